The average molecular weight is 717 g/mol. The molecule has 17 heteroatoms. The number of anilines is 1. The third-order valence-electron chi connectivity index (χ3n) is 9.62. The molecule has 0 spiro atoms. The number of likely N-dealkylation sites (tertiary alicyclic amines) is 1. The van der Waals surface area contributed by atoms with Crippen LogP contribution in [0.2, 0.25) is 0 Å². The van der Waals surface area contributed by atoms with E-state index >= 15 is 8.78 Å². The Balaban J connectivity index is 1.54. The number of alkyl halides is 2. The number of benzene rings is 2. The molecule has 254 valence electrons. The van der Waals surface area contributed by atoms with Crippen molar-refractivity contribution in [2.45, 2.75) is 41.3 Å². The van der Waals surface area contributed by atoms with E-state index in [1.807, 2.05) is 0 Å². The van der Waals surface area contributed by atoms with Gasteiger partial charge >= 0.3 is 5.97 Å². The Morgan fingerprint density at radius 1 is 0.958 bits per heavy atom. The van der Waals surface area contributed by atoms with E-state index in [9.17, 15) is 42.3 Å². The third-order valence-corrected chi connectivity index (χ3v) is 11.0. The van der Waals surface area contributed by atoms with Crippen LogP contribution in [-0.4, -0.2) is 68.1 Å². The molecule has 6 rings (SSSR count). The SMILES string of the molecule is COc1ccc(C2C3=CCC4C(=O)N(CCCC(=O)O)C(=O)C4C3CC3(Cl)C(=O)N(c4c(F)c(F)c(F)c(F)c4F)C(=O)C23Cl)cc1O. The van der Waals surface area contributed by atoms with Gasteiger partial charge in [0.1, 0.15) is 5.69 Å². The van der Waals surface area contributed by atoms with Crippen LogP contribution in [0.1, 0.15) is 37.2 Å². The molecule has 6 atom stereocenters. The van der Waals surface area contributed by atoms with Gasteiger partial charge in [-0.15, -0.1) is 23.2 Å². The summed E-state index contributed by atoms with van der Waals surface area (Å²) in [6.45, 7) is -0.230. The molecule has 1 saturated carbocycles. The van der Waals surface area contributed by atoms with Crippen LogP contribution >= 0.6 is 23.2 Å². The van der Waals surface area contributed by atoms with E-state index in [1.165, 1.54) is 25.3 Å². The van der Waals surface area contributed by atoms with Crippen LogP contribution in [0.25, 0.3) is 0 Å². The fourth-order valence-corrected chi connectivity index (χ4v) is 8.44. The van der Waals surface area contributed by atoms with Crippen molar-refractivity contribution in [2.24, 2.45) is 17.8 Å². The van der Waals surface area contributed by atoms with E-state index in [4.69, 9.17) is 33.0 Å². The number of allylic oxidation sites excluding steroid dienone is 2. The molecule has 0 bridgehead atoms. The summed E-state index contributed by atoms with van der Waals surface area (Å²) < 4.78 is 77.9. The Kier molecular flexibility index (Phi) is 8.02. The first kappa shape index (κ1) is 33.7. The molecule has 2 aromatic carbocycles. The molecule has 2 saturated heterocycles. The fraction of sp³-hybridized carbons (Fsp3) is 0.387. The number of hydrogen-bond donors (Lipinski definition) is 2. The molecule has 4 aliphatic rings. The predicted octanol–water partition coefficient (Wildman–Crippen LogP) is 4.52. The maximum absolute atomic E-state index is 15.1. The zero-order chi connectivity index (χ0) is 35.2. The molecular weight excluding hydrogens is 694 g/mol. The highest BCUT2D eigenvalue weighted by molar-refractivity contribution is 6.58. The second-order valence-corrected chi connectivity index (χ2v) is 13.2. The van der Waals surface area contributed by atoms with E-state index in [2.05, 4.69) is 0 Å². The maximum atomic E-state index is 15.1. The second-order valence-electron chi connectivity index (χ2n) is 11.9. The first-order chi connectivity index (χ1) is 22.5. The highest BCUT2D eigenvalue weighted by atomic mass is 35.5. The molecule has 2 aromatic rings. The van der Waals surface area contributed by atoms with Crippen molar-refractivity contribution in [1.29, 1.82) is 0 Å². The van der Waals surface area contributed by atoms with Crippen LogP contribution in [0.5, 0.6) is 11.5 Å². The number of amides is 4. The number of rotatable bonds is 7. The van der Waals surface area contributed by atoms with Crippen LogP contribution in [0.3, 0.4) is 0 Å². The minimum atomic E-state index is -2.74. The number of ether oxygens (including phenoxy) is 1. The van der Waals surface area contributed by atoms with Gasteiger partial charge in [-0.25, -0.2) is 26.9 Å². The first-order valence-electron chi connectivity index (χ1n) is 14.4. The lowest BCUT2D eigenvalue weighted by atomic mass is 9.56. The van der Waals surface area contributed by atoms with Gasteiger partial charge in [-0.05, 0) is 42.9 Å². The summed E-state index contributed by atoms with van der Waals surface area (Å²) in [5.41, 5.74) is -1.71. The number of carboxylic acids is 1. The van der Waals surface area contributed by atoms with Gasteiger partial charge in [0, 0.05) is 18.9 Å². The van der Waals surface area contributed by atoms with Gasteiger partial charge in [0.2, 0.25) is 17.6 Å². The molecule has 2 aliphatic heterocycles. The number of nitrogens with zero attached hydrogens (tertiary/aromatic N) is 2. The van der Waals surface area contributed by atoms with Crippen LogP contribution < -0.4 is 9.64 Å². The smallest absolute Gasteiger partial charge is 0.303 e. The Bertz CT molecular complexity index is 1850. The number of fused-ring (bicyclic) bond motifs is 4. The highest BCUT2D eigenvalue weighted by Gasteiger charge is 2.77. The molecule has 4 amide bonds. The van der Waals surface area contributed by atoms with Crippen molar-refractivity contribution >= 4 is 58.5 Å². The Labute approximate surface area is 277 Å². The lowest BCUT2D eigenvalue weighted by Crippen LogP contribution is -2.60. The van der Waals surface area contributed by atoms with Crippen LogP contribution in [-0.2, 0) is 24.0 Å². The van der Waals surface area contributed by atoms with Crippen LogP contribution in [0, 0.1) is 46.8 Å². The molecule has 48 heavy (non-hydrogen) atoms. The number of imide groups is 2. The molecular formula is C31H23Cl2F5N2O8. The molecule has 2 aliphatic carbocycles. The number of carbonyl (C=O) groups excluding carboxylic acids is 4. The van der Waals surface area contributed by atoms with Crippen molar-refractivity contribution in [2.75, 3.05) is 18.6 Å². The van der Waals surface area contributed by atoms with Gasteiger partial charge < -0.3 is 14.9 Å². The van der Waals surface area contributed by atoms with Crippen molar-refractivity contribution < 1.29 is 60.9 Å². The van der Waals surface area contributed by atoms with Crippen molar-refractivity contribution in [1.82, 2.24) is 4.90 Å². The largest absolute Gasteiger partial charge is 0.504 e. The zero-order valence-electron chi connectivity index (χ0n) is 24.5. The van der Waals surface area contributed by atoms with E-state index in [-0.39, 0.29) is 47.6 Å². The summed E-state index contributed by atoms with van der Waals surface area (Å²) in [6, 6.07) is 3.71. The molecule has 6 unspecified atom stereocenters. The monoisotopic (exact) mass is 716 g/mol. The van der Waals surface area contributed by atoms with E-state index in [1.54, 1.807) is 0 Å². The molecule has 2 N–H and O–H groups in total. The van der Waals surface area contributed by atoms with E-state index in [0.717, 1.165) is 11.0 Å². The van der Waals surface area contributed by atoms with Gasteiger partial charge in [-0.2, -0.15) is 0 Å². The number of methoxy groups -OCH3 is 1. The maximum Gasteiger partial charge on any atom is 0.303 e. The highest BCUT2D eigenvalue weighted by Crippen LogP contribution is 2.66. The number of aromatic hydroxyl groups is 1. The van der Waals surface area contributed by atoms with Gasteiger partial charge in [0.25, 0.3) is 11.8 Å². The molecule has 10 nitrogen and oxygen atoms in total. The van der Waals surface area contributed by atoms with Crippen LogP contribution in [0.15, 0.2) is 29.8 Å². The van der Waals surface area contributed by atoms with E-state index in [0.29, 0.717) is 0 Å². The molecule has 2 heterocycles. The Morgan fingerprint density at radius 2 is 1.58 bits per heavy atom. The summed E-state index contributed by atoms with van der Waals surface area (Å²) in [5.74, 6) is -23.6. The predicted molar refractivity (Wildman–Crippen MR) is 155 cm³/mol. The van der Waals surface area contributed by atoms with Crippen molar-refractivity contribution in [3.05, 3.63) is 64.5 Å². The Hall–Kier alpha value is -4.24. The summed E-state index contributed by atoms with van der Waals surface area (Å²) in [6.07, 6.45) is 0.331. The lowest BCUT2D eigenvalue weighted by molar-refractivity contribution is -0.142. The number of aliphatic carboxylic acids is 1. The standard InChI is InChI=1S/C31H23Cl2F5N2O8/c1-48-16-7-4-11(9-15(16)41)19-12-5-6-13-18(27(45)39(26(13)44)8-2-3-17(42)43)14(12)10-30(32)28(46)40(29(47)31(19,30)33)25-23(37)21(35)20(34)22(36)24(25)38/h4-5,7,9,13-14,18-19,41H,2-3,6,8,10H2,1H3,(H,42,43). The topological polar surface area (TPSA) is 142 Å². The number of carbonyl (C=O) groups is 5. The zero-order valence-corrected chi connectivity index (χ0v) is 26.1. The number of carboxylic acid groups (broad SMARTS) is 1. The lowest BCUT2D eigenvalue weighted by Gasteiger charge is -2.50. The number of phenols is 1. The third kappa shape index (κ3) is 4.39. The average Bonchev–Trinajstić information content (AvgIpc) is 3.37. The minimum Gasteiger partial charge on any atom is -0.504 e. The Morgan fingerprint density at radius 3 is 2.17 bits per heavy atom. The second kappa shape index (κ2) is 11.4. The minimum absolute atomic E-state index is 0.00165. The number of phenolic OH excluding ortho intramolecular Hbond substituents is 1. The summed E-state index contributed by atoms with van der Waals surface area (Å²) >= 11 is 14.0. The van der Waals surface area contributed by atoms with Gasteiger partial charge in [0.15, 0.2) is 44.5 Å². The van der Waals surface area contributed by atoms with Crippen LogP contribution in [0.4, 0.5) is 27.6 Å². The summed E-state index contributed by atoms with van der Waals surface area (Å²) in [5, 5.41) is 19.7. The van der Waals surface area contributed by atoms with Gasteiger partial charge in [-0.3, -0.25) is 28.9 Å². The van der Waals surface area contributed by atoms with E-state index < -0.39 is 110 Å². The summed E-state index contributed by atoms with van der Waals surface area (Å²) in [7, 11) is 1.24. The quantitative estimate of drug-likeness (QED) is 0.106. The molecule has 0 radical (unpaired) electrons. The normalized spacial score (nSPS) is 29.5. The van der Waals surface area contributed by atoms with Crippen molar-refractivity contribution in [3.63, 3.8) is 0 Å². The first-order valence-corrected chi connectivity index (χ1v) is 15.2. The summed E-state index contributed by atoms with van der Waals surface area (Å²) in [4.78, 5) is 61.7. The molecule has 0 aromatic heterocycles. The van der Waals surface area contributed by atoms with Gasteiger partial charge in [-0.1, -0.05) is 17.7 Å². The molecule has 3 fully saturated rings. The van der Waals surface area contributed by atoms with Crippen molar-refractivity contribution in [3.8, 4) is 11.5 Å². The van der Waals surface area contributed by atoms with Gasteiger partial charge in [0.05, 0.1) is 18.9 Å². The number of hydrogen-bond acceptors (Lipinski definition) is 7. The fourth-order valence-electron chi connectivity index (χ4n) is 7.50. The number of halogens is 7.